The molecule has 1 amide bonds. The van der Waals surface area contributed by atoms with E-state index in [1.54, 1.807) is 4.57 Å². The number of aryl methyl sites for hydroxylation is 1. The van der Waals surface area contributed by atoms with E-state index < -0.39 is 0 Å². The zero-order valence-electron chi connectivity index (χ0n) is 13.2. The first-order valence-corrected chi connectivity index (χ1v) is 8.42. The van der Waals surface area contributed by atoms with Crippen LogP contribution in [0.4, 0.5) is 0 Å². The first-order valence-electron chi connectivity index (χ1n) is 7.60. The lowest BCUT2D eigenvalue weighted by atomic mass is 10.1. The van der Waals surface area contributed by atoms with Crippen LogP contribution < -0.4 is 4.87 Å². The smallest absolute Gasteiger partial charge is 0.307 e. The van der Waals surface area contributed by atoms with E-state index in [2.05, 4.69) is 23.8 Å². The van der Waals surface area contributed by atoms with Crippen molar-refractivity contribution in [3.63, 3.8) is 0 Å². The van der Waals surface area contributed by atoms with Gasteiger partial charge in [0.15, 0.2) is 0 Å². The molecule has 1 aliphatic rings. The van der Waals surface area contributed by atoms with Crippen molar-refractivity contribution in [3.05, 3.63) is 44.3 Å². The number of fused-ring (bicyclic) bond motifs is 1. The predicted octanol–water partition coefficient (Wildman–Crippen LogP) is 2.32. The predicted molar refractivity (Wildman–Crippen MR) is 87.2 cm³/mol. The lowest BCUT2D eigenvalue weighted by Crippen LogP contribution is -2.41. The maximum Gasteiger partial charge on any atom is 0.307 e. The van der Waals surface area contributed by atoms with Crippen LogP contribution in [0.25, 0.3) is 0 Å². The molecule has 2 aromatic heterocycles. The topological polar surface area (TPSA) is 47.2 Å². The summed E-state index contributed by atoms with van der Waals surface area (Å²) in [6.45, 7) is 8.00. The van der Waals surface area contributed by atoms with Crippen LogP contribution in [-0.4, -0.2) is 26.5 Å². The molecule has 0 radical (unpaired) electrons. The van der Waals surface area contributed by atoms with Crippen LogP contribution in [0.15, 0.2) is 23.1 Å². The minimum absolute atomic E-state index is 0.0309. The third-order valence-corrected chi connectivity index (χ3v) is 5.58. The number of carbonyl (C=O) groups excluding carboxylic acids is 1. The normalized spacial score (nSPS) is 17.6. The van der Waals surface area contributed by atoms with Gasteiger partial charge in [-0.15, -0.1) is 0 Å². The SMILES string of the molecule is Cc1sc(=O)n(CCC(=O)N2CCn3cccc3[C@H]2C)c1C. The highest BCUT2D eigenvalue weighted by Gasteiger charge is 2.27. The number of carbonyl (C=O) groups is 1. The van der Waals surface area contributed by atoms with Crippen LogP contribution in [0, 0.1) is 13.8 Å². The lowest BCUT2D eigenvalue weighted by Gasteiger charge is -2.35. The van der Waals surface area contributed by atoms with E-state index in [0.717, 1.165) is 23.7 Å². The summed E-state index contributed by atoms with van der Waals surface area (Å²) in [5, 5.41) is 0. The van der Waals surface area contributed by atoms with Crippen LogP contribution in [-0.2, 0) is 17.9 Å². The number of aromatic nitrogens is 2. The zero-order valence-corrected chi connectivity index (χ0v) is 14.0. The molecule has 0 unspecified atom stereocenters. The quantitative estimate of drug-likeness (QED) is 0.872. The van der Waals surface area contributed by atoms with Crippen molar-refractivity contribution in [2.75, 3.05) is 6.54 Å². The number of thiazole rings is 1. The Morgan fingerprint density at radius 3 is 2.82 bits per heavy atom. The summed E-state index contributed by atoms with van der Waals surface area (Å²) in [7, 11) is 0. The standard InChI is InChI=1S/C16H21N3O2S/c1-11-13(3)22-16(21)19(11)8-6-15(20)18-10-9-17-7-4-5-14(17)12(18)2/h4-5,7,12H,6,8-10H2,1-3H3/t12-/m1/s1. The van der Waals surface area contributed by atoms with Crippen molar-refractivity contribution in [1.29, 1.82) is 0 Å². The molecule has 3 heterocycles. The highest BCUT2D eigenvalue weighted by molar-refractivity contribution is 7.09. The van der Waals surface area contributed by atoms with Gasteiger partial charge < -0.3 is 14.0 Å². The fourth-order valence-corrected chi connectivity index (χ4v) is 3.97. The van der Waals surface area contributed by atoms with E-state index in [9.17, 15) is 9.59 Å². The van der Waals surface area contributed by atoms with Gasteiger partial charge in [0.05, 0.1) is 6.04 Å². The Hall–Kier alpha value is -1.82. The van der Waals surface area contributed by atoms with Crippen LogP contribution in [0.2, 0.25) is 0 Å². The Kier molecular flexibility index (Phi) is 3.95. The Labute approximate surface area is 133 Å². The van der Waals surface area contributed by atoms with E-state index in [4.69, 9.17) is 0 Å². The fourth-order valence-electron chi connectivity index (χ4n) is 3.12. The molecule has 118 valence electrons. The summed E-state index contributed by atoms with van der Waals surface area (Å²) in [5.41, 5.74) is 2.16. The summed E-state index contributed by atoms with van der Waals surface area (Å²) in [6.07, 6.45) is 2.44. The zero-order chi connectivity index (χ0) is 15.9. The molecule has 1 aliphatic heterocycles. The summed E-state index contributed by atoms with van der Waals surface area (Å²) >= 11 is 1.25. The minimum Gasteiger partial charge on any atom is -0.348 e. The number of amides is 1. The van der Waals surface area contributed by atoms with Gasteiger partial charge in [0.1, 0.15) is 0 Å². The van der Waals surface area contributed by atoms with Gasteiger partial charge in [0.2, 0.25) is 5.91 Å². The van der Waals surface area contributed by atoms with E-state index >= 15 is 0 Å². The van der Waals surface area contributed by atoms with Gasteiger partial charge >= 0.3 is 4.87 Å². The largest absolute Gasteiger partial charge is 0.348 e. The molecule has 2 aromatic rings. The number of hydrogen-bond acceptors (Lipinski definition) is 3. The Morgan fingerprint density at radius 1 is 1.36 bits per heavy atom. The van der Waals surface area contributed by atoms with Crippen molar-refractivity contribution in [3.8, 4) is 0 Å². The van der Waals surface area contributed by atoms with E-state index in [1.165, 1.54) is 17.0 Å². The average Bonchev–Trinajstić information content (AvgIpc) is 3.04. The van der Waals surface area contributed by atoms with Crippen molar-refractivity contribution in [2.45, 2.75) is 46.3 Å². The van der Waals surface area contributed by atoms with Crippen molar-refractivity contribution in [1.82, 2.24) is 14.0 Å². The van der Waals surface area contributed by atoms with Crippen molar-refractivity contribution >= 4 is 17.2 Å². The fraction of sp³-hybridized carbons (Fsp3) is 0.500. The van der Waals surface area contributed by atoms with Gasteiger partial charge in [-0.05, 0) is 32.9 Å². The molecule has 6 heteroatoms. The van der Waals surface area contributed by atoms with Gasteiger partial charge in [0.25, 0.3) is 0 Å². The molecule has 0 saturated heterocycles. The highest BCUT2D eigenvalue weighted by Crippen LogP contribution is 2.25. The molecule has 0 aliphatic carbocycles. The molecule has 0 N–H and O–H groups in total. The van der Waals surface area contributed by atoms with Gasteiger partial charge in [0, 0.05) is 48.5 Å². The summed E-state index contributed by atoms with van der Waals surface area (Å²) < 4.78 is 3.92. The molecular formula is C16H21N3O2S. The van der Waals surface area contributed by atoms with E-state index in [1.807, 2.05) is 24.8 Å². The second-order valence-corrected chi connectivity index (χ2v) is 6.97. The molecule has 0 spiro atoms. The Bertz CT molecular complexity index is 756. The summed E-state index contributed by atoms with van der Waals surface area (Å²) in [5.74, 6) is 0.120. The van der Waals surface area contributed by atoms with E-state index in [-0.39, 0.29) is 16.8 Å². The number of rotatable bonds is 3. The maximum absolute atomic E-state index is 12.5. The van der Waals surface area contributed by atoms with E-state index in [0.29, 0.717) is 13.0 Å². The van der Waals surface area contributed by atoms with Gasteiger partial charge in [-0.1, -0.05) is 11.3 Å². The van der Waals surface area contributed by atoms with Crippen molar-refractivity contribution < 1.29 is 4.79 Å². The average molecular weight is 319 g/mol. The van der Waals surface area contributed by atoms with Crippen LogP contribution in [0.5, 0.6) is 0 Å². The second kappa shape index (κ2) is 5.76. The molecule has 1 atom stereocenters. The molecule has 0 saturated carbocycles. The molecule has 5 nitrogen and oxygen atoms in total. The molecule has 0 aromatic carbocycles. The maximum atomic E-state index is 12.5. The lowest BCUT2D eigenvalue weighted by molar-refractivity contribution is -0.134. The first kappa shape index (κ1) is 15.1. The molecule has 3 rings (SSSR count). The molecule has 0 fully saturated rings. The van der Waals surface area contributed by atoms with Crippen LogP contribution in [0.3, 0.4) is 0 Å². The Balaban J connectivity index is 1.69. The minimum atomic E-state index is 0.0309. The van der Waals surface area contributed by atoms with Crippen LogP contribution in [0.1, 0.15) is 35.7 Å². The third-order valence-electron chi connectivity index (χ3n) is 4.59. The first-order chi connectivity index (χ1) is 10.5. The van der Waals surface area contributed by atoms with Crippen molar-refractivity contribution in [2.24, 2.45) is 0 Å². The number of hydrogen-bond donors (Lipinski definition) is 0. The molecule has 22 heavy (non-hydrogen) atoms. The Morgan fingerprint density at radius 2 is 2.14 bits per heavy atom. The molecular weight excluding hydrogens is 298 g/mol. The third kappa shape index (κ3) is 2.52. The van der Waals surface area contributed by atoms with Gasteiger partial charge in [-0.2, -0.15) is 0 Å². The second-order valence-electron chi connectivity index (χ2n) is 5.80. The molecule has 0 bridgehead atoms. The summed E-state index contributed by atoms with van der Waals surface area (Å²) in [6, 6.07) is 4.19. The number of nitrogens with zero attached hydrogens (tertiary/aromatic N) is 3. The van der Waals surface area contributed by atoms with Gasteiger partial charge in [-0.25, -0.2) is 0 Å². The summed E-state index contributed by atoms with van der Waals surface area (Å²) in [4.78, 5) is 27.4. The monoisotopic (exact) mass is 319 g/mol. The van der Waals surface area contributed by atoms with Crippen LogP contribution >= 0.6 is 11.3 Å². The highest BCUT2D eigenvalue weighted by atomic mass is 32.1. The van der Waals surface area contributed by atoms with Gasteiger partial charge in [-0.3, -0.25) is 9.59 Å².